The number of H-pyrrole nitrogens is 1. The molecule has 2 heterocycles. The highest BCUT2D eigenvalue weighted by molar-refractivity contribution is 7.88. The average Bonchev–Trinajstić information content (AvgIpc) is 3.15. The Balaban J connectivity index is 1.38. The number of rotatable bonds is 7. The minimum Gasteiger partial charge on any atom is -0.356 e. The first-order valence-corrected chi connectivity index (χ1v) is 12.7. The Hall–Kier alpha value is -2.71. The van der Waals surface area contributed by atoms with Gasteiger partial charge in [0, 0.05) is 42.7 Å². The summed E-state index contributed by atoms with van der Waals surface area (Å²) in [5, 5.41) is 4.08. The number of piperidine rings is 1. The Morgan fingerprint density at radius 3 is 2.50 bits per heavy atom. The van der Waals surface area contributed by atoms with Gasteiger partial charge in [-0.3, -0.25) is 4.79 Å². The molecule has 2 aromatic carbocycles. The molecule has 1 saturated heterocycles. The van der Waals surface area contributed by atoms with Crippen LogP contribution in [0.5, 0.6) is 0 Å². The smallest absolute Gasteiger partial charge is 0.220 e. The Morgan fingerprint density at radius 2 is 1.81 bits per heavy atom. The fourth-order valence-electron chi connectivity index (χ4n) is 4.35. The first-order chi connectivity index (χ1) is 15.3. The topological polar surface area (TPSA) is 82.3 Å². The quantitative estimate of drug-likeness (QED) is 0.568. The van der Waals surface area contributed by atoms with Crippen molar-refractivity contribution in [1.82, 2.24) is 14.6 Å². The molecule has 4 rings (SSSR count). The van der Waals surface area contributed by atoms with Gasteiger partial charge in [-0.2, -0.15) is 0 Å². The first kappa shape index (κ1) is 22.5. The number of amides is 1. The van der Waals surface area contributed by atoms with Gasteiger partial charge in [0.05, 0.1) is 6.26 Å². The number of hydrogen-bond donors (Lipinski definition) is 2. The molecule has 1 aliphatic heterocycles. The maximum absolute atomic E-state index is 13.4. The van der Waals surface area contributed by atoms with Crippen LogP contribution >= 0.6 is 0 Å². The number of nitrogens with one attached hydrogen (secondary N) is 2. The number of hydrogen-bond acceptors (Lipinski definition) is 3. The van der Waals surface area contributed by atoms with E-state index >= 15 is 0 Å². The van der Waals surface area contributed by atoms with Crippen LogP contribution in [-0.2, 0) is 21.2 Å². The minimum absolute atomic E-state index is 0.0223. The summed E-state index contributed by atoms with van der Waals surface area (Å²) in [5.41, 5.74) is 3.83. The number of fused-ring (bicyclic) bond motifs is 1. The molecule has 0 aliphatic carbocycles. The fourth-order valence-corrected chi connectivity index (χ4v) is 5.23. The van der Waals surface area contributed by atoms with Crippen molar-refractivity contribution in [2.45, 2.75) is 25.7 Å². The van der Waals surface area contributed by atoms with Crippen LogP contribution in [0, 0.1) is 11.7 Å². The molecule has 3 aromatic rings. The van der Waals surface area contributed by atoms with Gasteiger partial charge in [-0.05, 0) is 66.6 Å². The van der Waals surface area contributed by atoms with Gasteiger partial charge in [0.2, 0.25) is 15.9 Å². The molecule has 2 N–H and O–H groups in total. The fraction of sp³-hybridized carbons (Fsp3) is 0.375. The summed E-state index contributed by atoms with van der Waals surface area (Å²) in [4.78, 5) is 16.0. The monoisotopic (exact) mass is 457 g/mol. The number of aromatic amines is 1. The summed E-state index contributed by atoms with van der Waals surface area (Å²) >= 11 is 0. The molecule has 6 nitrogen and oxygen atoms in total. The lowest BCUT2D eigenvalue weighted by Gasteiger charge is -2.30. The molecule has 1 amide bonds. The van der Waals surface area contributed by atoms with Gasteiger partial charge in [-0.15, -0.1) is 0 Å². The second-order valence-electron chi connectivity index (χ2n) is 8.44. The normalized spacial score (nSPS) is 15.8. The van der Waals surface area contributed by atoms with Crippen molar-refractivity contribution in [1.29, 1.82) is 0 Å². The van der Waals surface area contributed by atoms with Crippen molar-refractivity contribution in [2.24, 2.45) is 5.92 Å². The lowest BCUT2D eigenvalue weighted by molar-refractivity contribution is -0.121. The summed E-state index contributed by atoms with van der Waals surface area (Å²) in [6, 6.07) is 14.3. The second kappa shape index (κ2) is 9.42. The standard InChI is InChI=1S/C24H28FN3O3S/c1-32(30,31)28-14-12-17(13-15-28)16-26-23(29)11-10-21-20-4-2-3-5-22(20)27-24(21)18-6-8-19(25)9-7-18/h2-9,17,27H,10-16H2,1H3,(H,26,29). The number of aryl methyl sites for hydroxylation is 1. The third kappa shape index (κ3) is 5.19. The van der Waals surface area contributed by atoms with Gasteiger partial charge in [0.1, 0.15) is 5.82 Å². The number of benzene rings is 2. The maximum atomic E-state index is 13.4. The van der Waals surface area contributed by atoms with Crippen molar-refractivity contribution in [3.05, 3.63) is 59.9 Å². The molecule has 32 heavy (non-hydrogen) atoms. The van der Waals surface area contributed by atoms with E-state index in [0.717, 1.165) is 40.6 Å². The van der Waals surface area contributed by atoms with Crippen molar-refractivity contribution in [3.63, 3.8) is 0 Å². The maximum Gasteiger partial charge on any atom is 0.220 e. The van der Waals surface area contributed by atoms with Crippen LogP contribution in [0.15, 0.2) is 48.5 Å². The highest BCUT2D eigenvalue weighted by Gasteiger charge is 2.25. The number of sulfonamides is 1. The van der Waals surface area contributed by atoms with Crippen molar-refractivity contribution < 1.29 is 17.6 Å². The predicted octanol–water partition coefficient (Wildman–Crippen LogP) is 3.69. The molecule has 0 saturated carbocycles. The number of halogens is 1. The van der Waals surface area contributed by atoms with Crippen molar-refractivity contribution in [3.8, 4) is 11.3 Å². The molecule has 0 bridgehead atoms. The van der Waals surface area contributed by atoms with E-state index in [2.05, 4.69) is 10.3 Å². The first-order valence-electron chi connectivity index (χ1n) is 10.9. The van der Waals surface area contributed by atoms with Gasteiger partial charge in [0.15, 0.2) is 0 Å². The molecule has 0 radical (unpaired) electrons. The van der Waals surface area contributed by atoms with Gasteiger partial charge < -0.3 is 10.3 Å². The molecule has 0 atom stereocenters. The summed E-state index contributed by atoms with van der Waals surface area (Å²) in [6.07, 6.45) is 3.66. The Bertz CT molecular complexity index is 1200. The van der Waals surface area contributed by atoms with Crippen molar-refractivity contribution in [2.75, 3.05) is 25.9 Å². The molecule has 1 aromatic heterocycles. The lowest BCUT2D eigenvalue weighted by atomic mass is 9.98. The SMILES string of the molecule is CS(=O)(=O)N1CCC(CNC(=O)CCc2c(-c3ccc(F)cc3)[nH]c3ccccc23)CC1. The number of para-hydroxylation sites is 1. The van der Waals surface area contributed by atoms with E-state index in [1.54, 1.807) is 12.1 Å². The van der Waals surface area contributed by atoms with E-state index in [1.165, 1.54) is 22.7 Å². The van der Waals surface area contributed by atoms with E-state index in [4.69, 9.17) is 0 Å². The van der Waals surface area contributed by atoms with E-state index in [0.29, 0.717) is 38.4 Å². The third-order valence-electron chi connectivity index (χ3n) is 6.18. The molecule has 1 fully saturated rings. The van der Waals surface area contributed by atoms with Crippen LogP contribution in [-0.4, -0.2) is 49.5 Å². The zero-order valence-corrected chi connectivity index (χ0v) is 18.9. The average molecular weight is 458 g/mol. The lowest BCUT2D eigenvalue weighted by Crippen LogP contribution is -2.41. The Labute approximate surface area is 187 Å². The van der Waals surface area contributed by atoms with Gasteiger partial charge in [0.25, 0.3) is 0 Å². The van der Waals surface area contributed by atoms with Crippen molar-refractivity contribution >= 4 is 26.8 Å². The zero-order valence-electron chi connectivity index (χ0n) is 18.1. The second-order valence-corrected chi connectivity index (χ2v) is 10.4. The largest absolute Gasteiger partial charge is 0.356 e. The molecule has 0 unspecified atom stereocenters. The molecule has 1 aliphatic rings. The predicted molar refractivity (Wildman–Crippen MR) is 124 cm³/mol. The third-order valence-corrected chi connectivity index (χ3v) is 7.48. The van der Waals surface area contributed by atoms with Crippen LogP contribution in [0.3, 0.4) is 0 Å². The molecule has 8 heteroatoms. The van der Waals surface area contributed by atoms with Crippen LogP contribution in [0.1, 0.15) is 24.8 Å². The molecular weight excluding hydrogens is 429 g/mol. The molecule has 0 spiro atoms. The van der Waals surface area contributed by atoms with Crippen LogP contribution in [0.2, 0.25) is 0 Å². The van der Waals surface area contributed by atoms with Crippen LogP contribution < -0.4 is 5.32 Å². The van der Waals surface area contributed by atoms with Crippen LogP contribution in [0.4, 0.5) is 4.39 Å². The van der Waals surface area contributed by atoms with E-state index < -0.39 is 10.0 Å². The van der Waals surface area contributed by atoms with Crippen LogP contribution in [0.25, 0.3) is 22.2 Å². The van der Waals surface area contributed by atoms with E-state index in [-0.39, 0.29) is 11.7 Å². The number of carbonyl (C=O) groups is 1. The summed E-state index contributed by atoms with van der Waals surface area (Å²) < 4.78 is 38.1. The van der Waals surface area contributed by atoms with Gasteiger partial charge in [-0.25, -0.2) is 17.1 Å². The summed E-state index contributed by atoms with van der Waals surface area (Å²) in [5.74, 6) is -0.0150. The number of nitrogens with zero attached hydrogens (tertiary/aromatic N) is 1. The van der Waals surface area contributed by atoms with E-state index in [9.17, 15) is 17.6 Å². The Morgan fingerprint density at radius 1 is 1.12 bits per heavy atom. The molecular formula is C24H28FN3O3S. The van der Waals surface area contributed by atoms with Gasteiger partial charge >= 0.3 is 0 Å². The number of carbonyl (C=O) groups excluding carboxylic acids is 1. The molecule has 170 valence electrons. The highest BCUT2D eigenvalue weighted by Crippen LogP contribution is 2.31. The summed E-state index contributed by atoms with van der Waals surface area (Å²) in [7, 11) is -3.14. The highest BCUT2D eigenvalue weighted by atomic mass is 32.2. The van der Waals surface area contributed by atoms with Gasteiger partial charge in [-0.1, -0.05) is 18.2 Å². The zero-order chi connectivity index (χ0) is 22.7. The Kier molecular flexibility index (Phi) is 6.62. The minimum atomic E-state index is -3.14. The number of aromatic nitrogens is 1. The summed E-state index contributed by atoms with van der Waals surface area (Å²) in [6.45, 7) is 1.58. The van der Waals surface area contributed by atoms with E-state index in [1.807, 2.05) is 24.3 Å².